The van der Waals surface area contributed by atoms with Crippen molar-refractivity contribution in [2.24, 2.45) is 11.5 Å². The van der Waals surface area contributed by atoms with Crippen molar-refractivity contribution in [2.45, 2.75) is 45.2 Å². The summed E-state index contributed by atoms with van der Waals surface area (Å²) < 4.78 is 0. The van der Waals surface area contributed by atoms with Gasteiger partial charge in [-0.2, -0.15) is 0 Å². The van der Waals surface area contributed by atoms with Gasteiger partial charge in [-0.3, -0.25) is 5.21 Å². The van der Waals surface area contributed by atoms with Crippen molar-refractivity contribution in [1.82, 2.24) is 5.06 Å². The molecule has 5 nitrogen and oxygen atoms in total. The van der Waals surface area contributed by atoms with Gasteiger partial charge in [0.05, 0.1) is 5.54 Å². The third kappa shape index (κ3) is 4.10. The van der Waals surface area contributed by atoms with Crippen LogP contribution >= 0.6 is 0 Å². The Morgan fingerprint density at radius 3 is 2.00 bits per heavy atom. The van der Waals surface area contributed by atoms with Crippen molar-refractivity contribution in [3.8, 4) is 0 Å². The summed E-state index contributed by atoms with van der Waals surface area (Å²) >= 11 is 0. The molecular formula is C8H19N3O2. The molecule has 0 atom stereocenters. The minimum Gasteiger partial charge on any atom is -0.350 e. The number of primary amides is 1. The molecule has 0 heterocycles. The van der Waals surface area contributed by atoms with Crippen LogP contribution in [0.5, 0.6) is 0 Å². The SMILES string of the molecule is CC(C)(N)CC(C)(C)N(O)C(N)=O. The van der Waals surface area contributed by atoms with Crippen molar-refractivity contribution in [2.75, 3.05) is 0 Å². The number of carbonyl (C=O) groups excluding carboxylic acids is 1. The molecule has 0 aromatic rings. The fourth-order valence-corrected chi connectivity index (χ4v) is 1.49. The molecule has 0 radical (unpaired) electrons. The number of nitrogens with two attached hydrogens (primary N) is 2. The second kappa shape index (κ2) is 3.51. The first kappa shape index (κ1) is 12.2. The zero-order valence-electron chi connectivity index (χ0n) is 8.66. The Kier molecular flexibility index (Phi) is 3.29. The summed E-state index contributed by atoms with van der Waals surface area (Å²) in [6.07, 6.45) is 0.458. The molecule has 13 heavy (non-hydrogen) atoms. The first-order chi connectivity index (χ1) is 5.56. The standard InChI is InChI=1S/C8H19N3O2/c1-7(2,10)5-8(3,4)11(13)6(9)12/h13H,5,10H2,1-4H3,(H2,9,12). The molecule has 0 unspecified atom stereocenters. The Labute approximate surface area is 78.6 Å². The van der Waals surface area contributed by atoms with Gasteiger partial charge in [-0.25, -0.2) is 9.86 Å². The summed E-state index contributed by atoms with van der Waals surface area (Å²) in [5, 5.41) is 9.84. The van der Waals surface area contributed by atoms with E-state index in [9.17, 15) is 10.0 Å². The molecule has 0 aliphatic rings. The molecule has 0 aromatic carbocycles. The molecule has 0 aliphatic heterocycles. The lowest BCUT2D eigenvalue weighted by Crippen LogP contribution is -2.53. The van der Waals surface area contributed by atoms with E-state index in [1.54, 1.807) is 13.8 Å². The summed E-state index contributed by atoms with van der Waals surface area (Å²) in [5.41, 5.74) is 9.50. The molecule has 0 aromatic heterocycles. The molecule has 0 spiro atoms. The maximum atomic E-state index is 10.7. The molecule has 0 fully saturated rings. The fourth-order valence-electron chi connectivity index (χ4n) is 1.49. The van der Waals surface area contributed by atoms with Crippen LogP contribution in [0, 0.1) is 0 Å². The van der Waals surface area contributed by atoms with Crippen LogP contribution < -0.4 is 11.5 Å². The molecule has 5 N–H and O–H groups in total. The second-order valence-corrected chi connectivity index (χ2v) is 4.63. The fraction of sp³-hybridized carbons (Fsp3) is 0.875. The molecule has 78 valence electrons. The molecule has 0 rings (SSSR count). The Morgan fingerprint density at radius 2 is 1.77 bits per heavy atom. The van der Waals surface area contributed by atoms with E-state index in [1.165, 1.54) is 0 Å². The number of urea groups is 1. The van der Waals surface area contributed by atoms with Gasteiger partial charge in [0.1, 0.15) is 0 Å². The summed E-state index contributed by atoms with van der Waals surface area (Å²) in [6, 6.07) is -0.866. The van der Waals surface area contributed by atoms with Crippen LogP contribution in [-0.4, -0.2) is 27.4 Å². The van der Waals surface area contributed by atoms with Crippen LogP contribution in [-0.2, 0) is 0 Å². The van der Waals surface area contributed by atoms with Gasteiger partial charge < -0.3 is 11.5 Å². The van der Waals surface area contributed by atoms with E-state index in [2.05, 4.69) is 0 Å². The van der Waals surface area contributed by atoms with Crippen LogP contribution in [0.1, 0.15) is 34.1 Å². The van der Waals surface area contributed by atoms with Crippen LogP contribution in [0.25, 0.3) is 0 Å². The van der Waals surface area contributed by atoms with E-state index in [0.29, 0.717) is 11.5 Å². The predicted octanol–water partition coefficient (Wildman–Crippen LogP) is 0.662. The van der Waals surface area contributed by atoms with Gasteiger partial charge >= 0.3 is 6.03 Å². The first-order valence-corrected chi connectivity index (χ1v) is 4.14. The number of carbonyl (C=O) groups is 1. The van der Waals surface area contributed by atoms with Crippen LogP contribution in [0.2, 0.25) is 0 Å². The number of hydrogen-bond acceptors (Lipinski definition) is 3. The molecule has 0 aliphatic carbocycles. The number of rotatable bonds is 3. The maximum absolute atomic E-state index is 10.7. The smallest absolute Gasteiger partial charge is 0.339 e. The van der Waals surface area contributed by atoms with Crippen molar-refractivity contribution < 1.29 is 10.0 Å². The molecular weight excluding hydrogens is 170 g/mol. The maximum Gasteiger partial charge on any atom is 0.339 e. The van der Waals surface area contributed by atoms with Crippen molar-refractivity contribution in [3.05, 3.63) is 0 Å². The highest BCUT2D eigenvalue weighted by atomic mass is 16.5. The van der Waals surface area contributed by atoms with Gasteiger partial charge in [0.2, 0.25) is 0 Å². The lowest BCUT2D eigenvalue weighted by atomic mass is 9.87. The van der Waals surface area contributed by atoms with E-state index in [-0.39, 0.29) is 0 Å². The normalized spacial score (nSPS) is 12.8. The third-order valence-electron chi connectivity index (χ3n) is 1.67. The molecule has 0 saturated heterocycles. The van der Waals surface area contributed by atoms with Gasteiger partial charge in [-0.05, 0) is 34.1 Å². The summed E-state index contributed by atoms with van der Waals surface area (Å²) in [5.74, 6) is 0. The monoisotopic (exact) mass is 189 g/mol. The third-order valence-corrected chi connectivity index (χ3v) is 1.67. The average molecular weight is 189 g/mol. The summed E-state index contributed by atoms with van der Waals surface area (Å²) in [4.78, 5) is 10.7. The Morgan fingerprint density at radius 1 is 1.38 bits per heavy atom. The summed E-state index contributed by atoms with van der Waals surface area (Å²) in [6.45, 7) is 7.05. The van der Waals surface area contributed by atoms with Crippen LogP contribution in [0.3, 0.4) is 0 Å². The van der Waals surface area contributed by atoms with Crippen LogP contribution in [0.15, 0.2) is 0 Å². The van der Waals surface area contributed by atoms with Gasteiger partial charge in [0, 0.05) is 5.54 Å². The van der Waals surface area contributed by atoms with Crippen molar-refractivity contribution in [3.63, 3.8) is 0 Å². The number of hydrogen-bond donors (Lipinski definition) is 3. The molecule has 5 heteroatoms. The van der Waals surface area contributed by atoms with Gasteiger partial charge in [-0.15, -0.1) is 0 Å². The van der Waals surface area contributed by atoms with E-state index in [0.717, 1.165) is 0 Å². The zero-order chi connectivity index (χ0) is 10.9. The second-order valence-electron chi connectivity index (χ2n) is 4.63. The lowest BCUT2D eigenvalue weighted by Gasteiger charge is -2.36. The topological polar surface area (TPSA) is 92.6 Å². The van der Waals surface area contributed by atoms with E-state index in [4.69, 9.17) is 11.5 Å². The minimum absolute atomic E-state index is 0.458. The highest BCUT2D eigenvalue weighted by Gasteiger charge is 2.33. The number of nitrogens with zero attached hydrogens (tertiary/aromatic N) is 1. The zero-order valence-corrected chi connectivity index (χ0v) is 8.66. The van der Waals surface area contributed by atoms with Gasteiger partial charge in [0.15, 0.2) is 0 Å². The van der Waals surface area contributed by atoms with Crippen molar-refractivity contribution in [1.29, 1.82) is 0 Å². The minimum atomic E-state index is -0.866. The Bertz CT molecular complexity index is 196. The van der Waals surface area contributed by atoms with E-state index >= 15 is 0 Å². The van der Waals surface area contributed by atoms with E-state index in [1.807, 2.05) is 13.8 Å². The number of amides is 2. The molecule has 2 amide bonds. The lowest BCUT2D eigenvalue weighted by molar-refractivity contribution is -0.118. The summed E-state index contributed by atoms with van der Waals surface area (Å²) in [7, 11) is 0. The molecule has 0 bridgehead atoms. The van der Waals surface area contributed by atoms with E-state index < -0.39 is 17.1 Å². The van der Waals surface area contributed by atoms with Crippen molar-refractivity contribution >= 4 is 6.03 Å². The predicted molar refractivity (Wildman–Crippen MR) is 50.2 cm³/mol. The first-order valence-electron chi connectivity index (χ1n) is 4.14. The average Bonchev–Trinajstić information content (AvgIpc) is 1.80. The highest BCUT2D eigenvalue weighted by Crippen LogP contribution is 2.22. The van der Waals surface area contributed by atoms with Crippen LogP contribution in [0.4, 0.5) is 4.79 Å². The Balaban J connectivity index is 4.48. The quantitative estimate of drug-likeness (QED) is 0.450. The molecule has 0 saturated carbocycles. The highest BCUT2D eigenvalue weighted by molar-refractivity contribution is 5.71. The van der Waals surface area contributed by atoms with Gasteiger partial charge in [0.25, 0.3) is 0 Å². The van der Waals surface area contributed by atoms with Gasteiger partial charge in [-0.1, -0.05) is 0 Å². The Hall–Kier alpha value is -0.810. The largest absolute Gasteiger partial charge is 0.350 e. The number of hydroxylamine groups is 2.